The number of anilines is 1. The van der Waals surface area contributed by atoms with E-state index in [-0.39, 0.29) is 29.3 Å². The van der Waals surface area contributed by atoms with Gasteiger partial charge in [-0.1, -0.05) is 19.4 Å². The van der Waals surface area contributed by atoms with Gasteiger partial charge in [0.15, 0.2) is 0 Å². The van der Waals surface area contributed by atoms with Gasteiger partial charge in [0.1, 0.15) is 0 Å². The molecule has 0 saturated heterocycles. The number of nitrogens with two attached hydrogens (primary N) is 1. The van der Waals surface area contributed by atoms with Gasteiger partial charge in [-0.25, -0.2) is 13.1 Å². The van der Waals surface area contributed by atoms with Crippen molar-refractivity contribution < 1.29 is 13.2 Å². The highest BCUT2D eigenvalue weighted by molar-refractivity contribution is 7.89. The smallest absolute Gasteiger partial charge is 0.240 e. The monoisotopic (exact) mass is 311 g/mol. The lowest BCUT2D eigenvalue weighted by atomic mass is 9.70. The first-order valence-electron chi connectivity index (χ1n) is 6.99. The first kappa shape index (κ1) is 15.9. The van der Waals surface area contributed by atoms with Crippen LogP contribution in [-0.4, -0.2) is 27.4 Å². The Morgan fingerprint density at radius 1 is 1.38 bits per heavy atom. The standard InChI is InChI=1S/C14H21N3O3S/c1-14(6-3-7-14)13(18)17-11-4-2-5-12(10-11)21(19,20)16-9-8-15/h2,4-5,10,16H,3,6-9,15H2,1H3,(H,17,18). The van der Waals surface area contributed by atoms with Crippen molar-refractivity contribution in [2.75, 3.05) is 18.4 Å². The number of amides is 1. The highest BCUT2D eigenvalue weighted by Gasteiger charge is 2.39. The lowest BCUT2D eigenvalue weighted by molar-refractivity contribution is -0.128. The fraction of sp³-hybridized carbons (Fsp3) is 0.500. The Morgan fingerprint density at radius 2 is 2.10 bits per heavy atom. The summed E-state index contributed by atoms with van der Waals surface area (Å²) in [6, 6.07) is 6.23. The summed E-state index contributed by atoms with van der Waals surface area (Å²) < 4.78 is 26.4. The predicted octanol–water partition coefficient (Wildman–Crippen LogP) is 1.05. The molecule has 0 bridgehead atoms. The van der Waals surface area contributed by atoms with Gasteiger partial charge in [0.25, 0.3) is 0 Å². The van der Waals surface area contributed by atoms with Gasteiger partial charge in [0, 0.05) is 24.2 Å². The molecule has 6 nitrogen and oxygen atoms in total. The second-order valence-corrected chi connectivity index (χ2v) is 7.35. The Bertz CT molecular complexity index is 624. The van der Waals surface area contributed by atoms with Crippen LogP contribution < -0.4 is 15.8 Å². The molecule has 0 aliphatic heterocycles. The molecule has 0 spiro atoms. The van der Waals surface area contributed by atoms with E-state index in [4.69, 9.17) is 5.73 Å². The number of carbonyl (C=O) groups is 1. The number of sulfonamides is 1. The van der Waals surface area contributed by atoms with Crippen LogP contribution in [0.4, 0.5) is 5.69 Å². The molecule has 2 rings (SSSR count). The maximum absolute atomic E-state index is 12.2. The Balaban J connectivity index is 2.12. The van der Waals surface area contributed by atoms with Crippen LogP contribution in [0, 0.1) is 5.41 Å². The average molecular weight is 311 g/mol. The first-order valence-corrected chi connectivity index (χ1v) is 8.47. The molecule has 0 aromatic heterocycles. The summed E-state index contributed by atoms with van der Waals surface area (Å²) >= 11 is 0. The van der Waals surface area contributed by atoms with Crippen LogP contribution >= 0.6 is 0 Å². The third kappa shape index (κ3) is 3.61. The van der Waals surface area contributed by atoms with Crippen molar-refractivity contribution in [1.82, 2.24) is 4.72 Å². The molecule has 0 heterocycles. The van der Waals surface area contributed by atoms with Gasteiger partial charge in [0.05, 0.1) is 4.90 Å². The number of carbonyl (C=O) groups excluding carboxylic acids is 1. The number of rotatable bonds is 6. The molecule has 1 aliphatic carbocycles. The third-order valence-corrected chi connectivity index (χ3v) is 5.30. The van der Waals surface area contributed by atoms with Crippen molar-refractivity contribution in [3.05, 3.63) is 24.3 Å². The summed E-state index contributed by atoms with van der Waals surface area (Å²) in [6.45, 7) is 2.33. The van der Waals surface area contributed by atoms with Crippen molar-refractivity contribution in [2.45, 2.75) is 31.1 Å². The largest absolute Gasteiger partial charge is 0.329 e. The van der Waals surface area contributed by atoms with E-state index in [9.17, 15) is 13.2 Å². The predicted molar refractivity (Wildman–Crippen MR) is 81.3 cm³/mol. The zero-order valence-electron chi connectivity index (χ0n) is 12.1. The zero-order chi connectivity index (χ0) is 15.5. The molecule has 1 amide bonds. The molecule has 116 valence electrons. The minimum absolute atomic E-state index is 0.0572. The molecule has 0 radical (unpaired) electrons. The topological polar surface area (TPSA) is 101 Å². The Hall–Kier alpha value is -1.44. The van der Waals surface area contributed by atoms with Gasteiger partial charge in [-0.15, -0.1) is 0 Å². The fourth-order valence-electron chi connectivity index (χ4n) is 2.23. The minimum atomic E-state index is -3.59. The van der Waals surface area contributed by atoms with E-state index in [1.165, 1.54) is 12.1 Å². The fourth-order valence-corrected chi connectivity index (χ4v) is 3.33. The summed E-state index contributed by atoms with van der Waals surface area (Å²) in [4.78, 5) is 12.3. The normalized spacial score (nSPS) is 17.0. The van der Waals surface area contributed by atoms with E-state index in [0.29, 0.717) is 5.69 Å². The van der Waals surface area contributed by atoms with Crippen LogP contribution in [0.25, 0.3) is 0 Å². The second kappa shape index (κ2) is 6.13. The number of benzene rings is 1. The van der Waals surface area contributed by atoms with E-state index < -0.39 is 10.0 Å². The summed E-state index contributed by atoms with van der Waals surface area (Å²) in [5, 5.41) is 2.80. The van der Waals surface area contributed by atoms with Gasteiger partial charge >= 0.3 is 0 Å². The number of hydrogen-bond acceptors (Lipinski definition) is 4. The highest BCUT2D eigenvalue weighted by Crippen LogP contribution is 2.41. The van der Waals surface area contributed by atoms with Crippen molar-refractivity contribution in [2.24, 2.45) is 11.1 Å². The van der Waals surface area contributed by atoms with Crippen LogP contribution in [0.5, 0.6) is 0 Å². The third-order valence-electron chi connectivity index (χ3n) is 3.84. The van der Waals surface area contributed by atoms with E-state index in [1.54, 1.807) is 12.1 Å². The number of hydrogen-bond donors (Lipinski definition) is 3. The van der Waals surface area contributed by atoms with Crippen LogP contribution in [0.2, 0.25) is 0 Å². The van der Waals surface area contributed by atoms with Crippen molar-refractivity contribution >= 4 is 21.6 Å². The Labute approximate surface area is 125 Å². The highest BCUT2D eigenvalue weighted by atomic mass is 32.2. The second-order valence-electron chi connectivity index (χ2n) is 5.58. The zero-order valence-corrected chi connectivity index (χ0v) is 12.9. The minimum Gasteiger partial charge on any atom is -0.329 e. The quantitative estimate of drug-likeness (QED) is 0.731. The van der Waals surface area contributed by atoms with Crippen molar-refractivity contribution in [3.63, 3.8) is 0 Å². The van der Waals surface area contributed by atoms with Crippen LogP contribution in [0.15, 0.2) is 29.2 Å². The van der Waals surface area contributed by atoms with Crippen LogP contribution in [0.3, 0.4) is 0 Å². The molecule has 0 atom stereocenters. The molecular weight excluding hydrogens is 290 g/mol. The molecule has 0 unspecified atom stereocenters. The van der Waals surface area contributed by atoms with E-state index in [0.717, 1.165) is 19.3 Å². The van der Waals surface area contributed by atoms with E-state index in [2.05, 4.69) is 10.0 Å². The molecule has 1 aliphatic rings. The van der Waals surface area contributed by atoms with Crippen LogP contribution in [0.1, 0.15) is 26.2 Å². The summed E-state index contributed by atoms with van der Waals surface area (Å²) in [5.74, 6) is -0.0572. The maximum Gasteiger partial charge on any atom is 0.240 e. The molecule has 1 aromatic rings. The molecule has 1 aromatic carbocycles. The lowest BCUT2D eigenvalue weighted by Crippen LogP contribution is -2.39. The van der Waals surface area contributed by atoms with Crippen LogP contribution in [-0.2, 0) is 14.8 Å². The first-order chi connectivity index (χ1) is 9.87. The average Bonchev–Trinajstić information content (AvgIpc) is 2.43. The van der Waals surface area contributed by atoms with E-state index >= 15 is 0 Å². The lowest BCUT2D eigenvalue weighted by Gasteiger charge is -2.36. The maximum atomic E-state index is 12.2. The summed E-state index contributed by atoms with van der Waals surface area (Å²) in [6.07, 6.45) is 2.80. The van der Waals surface area contributed by atoms with Gasteiger partial charge in [-0.3, -0.25) is 4.79 Å². The van der Waals surface area contributed by atoms with Gasteiger partial charge < -0.3 is 11.1 Å². The molecular formula is C14H21N3O3S. The van der Waals surface area contributed by atoms with E-state index in [1.807, 2.05) is 6.92 Å². The van der Waals surface area contributed by atoms with Gasteiger partial charge in [-0.2, -0.15) is 0 Å². The summed E-state index contributed by atoms with van der Waals surface area (Å²) in [7, 11) is -3.59. The number of nitrogens with one attached hydrogen (secondary N) is 2. The Kier molecular flexibility index (Phi) is 4.65. The van der Waals surface area contributed by atoms with Crippen molar-refractivity contribution in [1.29, 1.82) is 0 Å². The molecule has 7 heteroatoms. The molecule has 21 heavy (non-hydrogen) atoms. The SMILES string of the molecule is CC1(C(=O)Nc2cccc(S(=O)(=O)NCCN)c2)CCC1. The summed E-state index contributed by atoms with van der Waals surface area (Å²) in [5.41, 5.74) is 5.46. The van der Waals surface area contributed by atoms with Gasteiger partial charge in [-0.05, 0) is 31.0 Å². The molecule has 4 N–H and O–H groups in total. The molecule has 1 fully saturated rings. The van der Waals surface area contributed by atoms with Crippen molar-refractivity contribution in [3.8, 4) is 0 Å². The Morgan fingerprint density at radius 3 is 2.67 bits per heavy atom. The molecule has 1 saturated carbocycles. The van der Waals surface area contributed by atoms with Gasteiger partial charge in [0.2, 0.25) is 15.9 Å².